The zero-order valence-electron chi connectivity index (χ0n) is 20.7. The number of hydrogen-bond acceptors (Lipinski definition) is 7. The van der Waals surface area contributed by atoms with Crippen LogP contribution in [0.3, 0.4) is 0 Å². The fourth-order valence-corrected chi connectivity index (χ4v) is 5.07. The maximum atomic E-state index is 13.3. The molecule has 0 spiro atoms. The van der Waals surface area contributed by atoms with E-state index in [9.17, 15) is 24.3 Å². The molecular formula is C25H42O7. The van der Waals surface area contributed by atoms with E-state index in [4.69, 9.17) is 4.74 Å². The van der Waals surface area contributed by atoms with Crippen molar-refractivity contribution in [2.24, 2.45) is 22.7 Å². The summed E-state index contributed by atoms with van der Waals surface area (Å²) in [6.45, 7) is 10.8. The van der Waals surface area contributed by atoms with Gasteiger partial charge in [0.1, 0.15) is 30.9 Å². The number of Topliss-reactive ketones (excluding diaryl/α,β-unsaturated/α-hetero) is 2. The highest BCUT2D eigenvalue weighted by atomic mass is 16.6. The molecule has 4 atom stereocenters. The van der Waals surface area contributed by atoms with Gasteiger partial charge in [-0.3, -0.25) is 14.4 Å². The molecule has 7 nitrogen and oxygen atoms in total. The number of carbonyl (C=O) groups excluding carboxylic acids is 4. The molecule has 0 aromatic heterocycles. The smallest absolute Gasteiger partial charge is 0.306 e. The summed E-state index contributed by atoms with van der Waals surface area (Å²) in [6.07, 6.45) is 4.23. The summed E-state index contributed by atoms with van der Waals surface area (Å²) >= 11 is 0. The van der Waals surface area contributed by atoms with Gasteiger partial charge < -0.3 is 19.4 Å². The number of esters is 2. The zero-order valence-corrected chi connectivity index (χ0v) is 20.7. The van der Waals surface area contributed by atoms with E-state index in [2.05, 4.69) is 25.5 Å². The Morgan fingerprint density at radius 2 is 1.62 bits per heavy atom. The van der Waals surface area contributed by atoms with Crippen LogP contribution in [-0.4, -0.2) is 47.9 Å². The second-order valence-corrected chi connectivity index (χ2v) is 10.5. The number of aliphatic hydroxyl groups is 1. The number of ketones is 2. The molecule has 4 unspecified atom stereocenters. The van der Waals surface area contributed by atoms with Crippen LogP contribution in [0.5, 0.6) is 0 Å². The van der Waals surface area contributed by atoms with Gasteiger partial charge in [0.25, 0.3) is 0 Å². The lowest BCUT2D eigenvalue weighted by atomic mass is 9.53. The second kappa shape index (κ2) is 12.5. The third-order valence-corrected chi connectivity index (χ3v) is 6.95. The van der Waals surface area contributed by atoms with Crippen molar-refractivity contribution in [1.82, 2.24) is 0 Å². The summed E-state index contributed by atoms with van der Waals surface area (Å²) < 4.78 is 9.72. The number of rotatable bonds is 13. The Labute approximate surface area is 192 Å². The zero-order chi connectivity index (χ0) is 24.5. The summed E-state index contributed by atoms with van der Waals surface area (Å²) in [7, 11) is 0. The first kappa shape index (κ1) is 28.3. The maximum absolute atomic E-state index is 13.3. The summed E-state index contributed by atoms with van der Waals surface area (Å²) in [5.41, 5.74) is -0.432. The molecule has 0 aromatic carbocycles. The van der Waals surface area contributed by atoms with Crippen LogP contribution >= 0.6 is 0 Å². The van der Waals surface area contributed by atoms with Crippen LogP contribution in [0.25, 0.3) is 0 Å². The normalized spacial score (nSPS) is 24.3. The second-order valence-electron chi connectivity index (χ2n) is 10.5. The minimum absolute atomic E-state index is 0.0144. The molecular weight excluding hydrogens is 412 g/mol. The molecule has 0 aromatic rings. The molecule has 1 saturated carbocycles. The highest BCUT2D eigenvalue weighted by molar-refractivity contribution is 5.85. The van der Waals surface area contributed by atoms with E-state index >= 15 is 0 Å². The van der Waals surface area contributed by atoms with Crippen molar-refractivity contribution in [3.05, 3.63) is 0 Å². The highest BCUT2D eigenvalue weighted by Gasteiger charge is 2.49. The molecule has 0 amide bonds. The van der Waals surface area contributed by atoms with Gasteiger partial charge in [0.05, 0.1) is 0 Å². The van der Waals surface area contributed by atoms with E-state index < -0.39 is 23.5 Å². The summed E-state index contributed by atoms with van der Waals surface area (Å²) in [5.74, 6) is -0.447. The van der Waals surface area contributed by atoms with Gasteiger partial charge in [-0.15, -0.1) is 0 Å². The third-order valence-electron chi connectivity index (χ3n) is 6.95. The molecule has 0 saturated heterocycles. The average Bonchev–Trinajstić information content (AvgIpc) is 2.67. The van der Waals surface area contributed by atoms with E-state index in [1.54, 1.807) is 6.92 Å². The van der Waals surface area contributed by atoms with Crippen LogP contribution in [-0.2, 0) is 28.7 Å². The van der Waals surface area contributed by atoms with Gasteiger partial charge in [0.2, 0.25) is 0 Å². The Hall–Kier alpha value is -1.76. The molecule has 1 aliphatic carbocycles. The van der Waals surface area contributed by atoms with E-state index in [1.807, 2.05) is 6.92 Å². The van der Waals surface area contributed by atoms with Crippen LogP contribution in [0.2, 0.25) is 0 Å². The topological polar surface area (TPSA) is 107 Å². The molecule has 0 heterocycles. The van der Waals surface area contributed by atoms with E-state index in [0.717, 1.165) is 25.7 Å². The lowest BCUT2D eigenvalue weighted by Gasteiger charge is -2.50. The molecule has 0 radical (unpaired) electrons. The van der Waals surface area contributed by atoms with Crippen LogP contribution < -0.4 is 0 Å². The molecule has 0 bridgehead atoms. The predicted octanol–water partition coefficient (Wildman–Crippen LogP) is 4.03. The van der Waals surface area contributed by atoms with Crippen LogP contribution in [0.1, 0.15) is 92.9 Å². The Balaban J connectivity index is 2.56. The van der Waals surface area contributed by atoms with Crippen LogP contribution in [0.15, 0.2) is 0 Å². The first-order valence-electron chi connectivity index (χ1n) is 11.8. The van der Waals surface area contributed by atoms with Crippen LogP contribution in [0, 0.1) is 22.7 Å². The molecule has 1 aliphatic rings. The van der Waals surface area contributed by atoms with Crippen molar-refractivity contribution in [3.63, 3.8) is 0 Å². The molecule has 32 heavy (non-hydrogen) atoms. The van der Waals surface area contributed by atoms with E-state index in [-0.39, 0.29) is 48.5 Å². The average molecular weight is 455 g/mol. The molecule has 184 valence electrons. The number of aliphatic hydroxyl groups excluding tert-OH is 1. The lowest BCUT2D eigenvalue weighted by molar-refractivity contribution is -0.152. The van der Waals surface area contributed by atoms with Gasteiger partial charge in [-0.25, -0.2) is 0 Å². The van der Waals surface area contributed by atoms with Crippen molar-refractivity contribution in [2.75, 3.05) is 13.2 Å². The van der Waals surface area contributed by atoms with Crippen LogP contribution in [0.4, 0.5) is 0 Å². The maximum Gasteiger partial charge on any atom is 0.306 e. The summed E-state index contributed by atoms with van der Waals surface area (Å²) in [6, 6.07) is 0. The van der Waals surface area contributed by atoms with Gasteiger partial charge in [0, 0.05) is 31.6 Å². The van der Waals surface area contributed by atoms with E-state index in [0.29, 0.717) is 19.3 Å². The molecule has 1 fully saturated rings. The largest absolute Gasteiger partial charge is 0.463 e. The predicted molar refractivity (Wildman–Crippen MR) is 121 cm³/mol. The Morgan fingerprint density at radius 3 is 2.22 bits per heavy atom. The Morgan fingerprint density at radius 1 is 1.00 bits per heavy atom. The first-order chi connectivity index (χ1) is 14.8. The third kappa shape index (κ3) is 9.00. The van der Waals surface area contributed by atoms with Gasteiger partial charge in [0.15, 0.2) is 0 Å². The van der Waals surface area contributed by atoms with Gasteiger partial charge in [-0.1, -0.05) is 34.1 Å². The molecule has 0 aliphatic heterocycles. The van der Waals surface area contributed by atoms with Crippen molar-refractivity contribution in [1.29, 1.82) is 0 Å². The number of carbonyl (C=O) groups is 4. The lowest BCUT2D eigenvalue weighted by Crippen LogP contribution is -2.47. The Kier molecular flexibility index (Phi) is 11.0. The minimum Gasteiger partial charge on any atom is -0.463 e. The van der Waals surface area contributed by atoms with Gasteiger partial charge in [-0.2, -0.15) is 0 Å². The fraction of sp³-hybridized carbons (Fsp3) is 0.840. The van der Waals surface area contributed by atoms with Gasteiger partial charge >= 0.3 is 11.9 Å². The van der Waals surface area contributed by atoms with Crippen molar-refractivity contribution >= 4 is 23.5 Å². The van der Waals surface area contributed by atoms with Crippen molar-refractivity contribution < 1.29 is 33.8 Å². The fourth-order valence-electron chi connectivity index (χ4n) is 5.07. The number of ether oxygens (including phenoxy) is 2. The SMILES string of the molecule is CC(=O)CCC1C(C)(C)CCCC1(C)C(=O)CCC(C)CC(=O)OCC(O)COC(C)=O. The first-order valence-corrected chi connectivity index (χ1v) is 11.8. The quantitative estimate of drug-likeness (QED) is 0.419. The summed E-state index contributed by atoms with van der Waals surface area (Å²) in [4.78, 5) is 47.7. The molecule has 7 heteroatoms. The van der Waals surface area contributed by atoms with Crippen molar-refractivity contribution in [3.8, 4) is 0 Å². The molecule has 1 rings (SSSR count). The Bertz CT molecular complexity index is 669. The highest BCUT2D eigenvalue weighted by Crippen LogP contribution is 2.54. The summed E-state index contributed by atoms with van der Waals surface area (Å²) in [5, 5.41) is 9.65. The van der Waals surface area contributed by atoms with Crippen molar-refractivity contribution in [2.45, 2.75) is 99.0 Å². The van der Waals surface area contributed by atoms with Gasteiger partial charge in [-0.05, 0) is 49.9 Å². The molecule has 1 N–H and O–H groups in total. The standard InChI is InChI=1S/C25H42O7/c1-17(14-23(30)32-16-20(28)15-31-19(3)27)8-11-22(29)25(6)13-7-12-24(4,5)21(25)10-9-18(2)26/h17,20-21,28H,7-16H2,1-6H3. The number of hydrogen-bond donors (Lipinski definition) is 1. The van der Waals surface area contributed by atoms with E-state index in [1.165, 1.54) is 6.92 Å². The monoisotopic (exact) mass is 454 g/mol. The minimum atomic E-state index is -1.05.